The minimum absolute atomic E-state index is 0.00365. The van der Waals surface area contributed by atoms with Gasteiger partial charge in [0.05, 0.1) is 6.21 Å². The fourth-order valence-corrected chi connectivity index (χ4v) is 1.94. The Labute approximate surface area is 145 Å². The summed E-state index contributed by atoms with van der Waals surface area (Å²) in [6.07, 6.45) is -1.36. The summed E-state index contributed by atoms with van der Waals surface area (Å²) >= 11 is 0. The highest BCUT2D eigenvalue weighted by Crippen LogP contribution is 2.23. The predicted molar refractivity (Wildman–Crippen MR) is 85.5 cm³/mol. The quantitative estimate of drug-likeness (QED) is 0.551. The number of hydrogen-bond acceptors (Lipinski definition) is 7. The summed E-state index contributed by atoms with van der Waals surface area (Å²) in [5.74, 6) is -0.655. The second-order valence-electron chi connectivity index (χ2n) is 5.19. The van der Waals surface area contributed by atoms with Gasteiger partial charge in [0.1, 0.15) is 5.82 Å². The number of hydrogen-bond donors (Lipinski definition) is 1. The van der Waals surface area contributed by atoms with Gasteiger partial charge in [-0.3, -0.25) is 9.89 Å². The Morgan fingerprint density at radius 3 is 2.62 bits per heavy atom. The van der Waals surface area contributed by atoms with E-state index in [0.29, 0.717) is 17.0 Å². The molecular weight excluding hydrogens is 348 g/mol. The number of aromatic nitrogens is 5. The van der Waals surface area contributed by atoms with Crippen molar-refractivity contribution < 1.29 is 18.0 Å². The number of aromatic amines is 1. The number of carbonyl (C=O) groups is 1. The minimum atomic E-state index is -2.82. The zero-order valence-corrected chi connectivity index (χ0v) is 13.7. The van der Waals surface area contributed by atoms with Gasteiger partial charge in [0.15, 0.2) is 0 Å². The van der Waals surface area contributed by atoms with Crippen molar-refractivity contribution in [3.63, 3.8) is 0 Å². The zero-order valence-electron chi connectivity index (χ0n) is 13.7. The first kappa shape index (κ1) is 17.3. The highest BCUT2D eigenvalue weighted by atomic mass is 19.3. The number of hydrazone groups is 1. The number of rotatable bonds is 5. The van der Waals surface area contributed by atoms with Gasteiger partial charge in [0.2, 0.25) is 11.7 Å². The van der Waals surface area contributed by atoms with E-state index in [1.165, 1.54) is 13.3 Å². The van der Waals surface area contributed by atoms with Crippen molar-refractivity contribution in [3.05, 3.63) is 47.4 Å². The summed E-state index contributed by atoms with van der Waals surface area (Å²) in [6, 6.07) is 6.57. The number of H-pyrrole nitrogens is 1. The molecule has 0 spiro atoms. The van der Waals surface area contributed by atoms with Crippen LogP contribution in [0.2, 0.25) is 0 Å². The van der Waals surface area contributed by atoms with Crippen LogP contribution in [0.25, 0.3) is 11.5 Å². The molecule has 1 aromatic carbocycles. The molecule has 9 nitrogen and oxygen atoms in total. The number of alkyl halides is 2. The molecule has 0 aliphatic rings. The van der Waals surface area contributed by atoms with Crippen molar-refractivity contribution in [3.8, 4) is 11.5 Å². The molecule has 0 atom stereocenters. The van der Waals surface area contributed by atoms with Crippen molar-refractivity contribution >= 4 is 12.1 Å². The lowest BCUT2D eigenvalue weighted by atomic mass is 10.1. The van der Waals surface area contributed by atoms with Crippen LogP contribution in [0.4, 0.5) is 8.78 Å². The molecule has 0 fully saturated rings. The molecule has 11 heteroatoms. The van der Waals surface area contributed by atoms with Crippen LogP contribution in [0.3, 0.4) is 0 Å². The Bertz CT molecular complexity index is 934. The summed E-state index contributed by atoms with van der Waals surface area (Å²) in [7, 11) is 1.48. The monoisotopic (exact) mass is 361 g/mol. The molecule has 1 amide bonds. The minimum Gasteiger partial charge on any atom is -0.415 e. The molecule has 2 heterocycles. The molecule has 0 bridgehead atoms. The fraction of sp³-hybridized carbons (Fsp3) is 0.200. The smallest absolute Gasteiger partial charge is 0.314 e. The highest BCUT2D eigenvalue weighted by molar-refractivity contribution is 5.91. The highest BCUT2D eigenvalue weighted by Gasteiger charge is 2.17. The molecule has 0 aliphatic heterocycles. The van der Waals surface area contributed by atoms with E-state index in [1.807, 2.05) is 0 Å². The lowest BCUT2D eigenvalue weighted by molar-refractivity contribution is 0.0788. The van der Waals surface area contributed by atoms with E-state index in [9.17, 15) is 13.6 Å². The molecule has 3 rings (SSSR count). The van der Waals surface area contributed by atoms with E-state index >= 15 is 0 Å². The molecule has 0 aliphatic carbocycles. The SMILES string of the molecule is Cc1nc(C(=O)N(C)/N=C/c2ccc(-c3nnc(C(F)F)o3)cc2)n[nH]1. The molecule has 0 unspecified atom stereocenters. The number of halogens is 2. The number of aryl methyl sites for hydroxylation is 1. The van der Waals surface area contributed by atoms with Crippen molar-refractivity contribution in [2.45, 2.75) is 13.3 Å². The number of amides is 1. The summed E-state index contributed by atoms with van der Waals surface area (Å²) in [4.78, 5) is 16.0. The Morgan fingerprint density at radius 1 is 1.31 bits per heavy atom. The third-order valence-corrected chi connectivity index (χ3v) is 3.25. The Kier molecular flexibility index (Phi) is 4.78. The van der Waals surface area contributed by atoms with E-state index in [-0.39, 0.29) is 11.7 Å². The largest absolute Gasteiger partial charge is 0.415 e. The first-order chi connectivity index (χ1) is 12.4. The van der Waals surface area contributed by atoms with Crippen molar-refractivity contribution in [1.29, 1.82) is 0 Å². The first-order valence-electron chi connectivity index (χ1n) is 7.37. The summed E-state index contributed by atoms with van der Waals surface area (Å²) in [5.41, 5.74) is 1.16. The zero-order chi connectivity index (χ0) is 18.7. The maximum Gasteiger partial charge on any atom is 0.314 e. The van der Waals surface area contributed by atoms with Crippen LogP contribution in [0, 0.1) is 6.92 Å². The first-order valence-corrected chi connectivity index (χ1v) is 7.37. The van der Waals surface area contributed by atoms with Crippen LogP contribution >= 0.6 is 0 Å². The van der Waals surface area contributed by atoms with Gasteiger partial charge in [-0.25, -0.2) is 9.99 Å². The second-order valence-corrected chi connectivity index (χ2v) is 5.19. The average molecular weight is 361 g/mol. The third kappa shape index (κ3) is 3.77. The van der Waals surface area contributed by atoms with Crippen molar-refractivity contribution in [2.75, 3.05) is 7.05 Å². The molecule has 26 heavy (non-hydrogen) atoms. The van der Waals surface area contributed by atoms with Gasteiger partial charge in [-0.15, -0.1) is 15.3 Å². The lowest BCUT2D eigenvalue weighted by Crippen LogP contribution is -2.22. The third-order valence-electron chi connectivity index (χ3n) is 3.25. The van der Waals surface area contributed by atoms with Gasteiger partial charge in [-0.2, -0.15) is 13.9 Å². The second kappa shape index (κ2) is 7.17. The van der Waals surface area contributed by atoms with Crippen LogP contribution in [-0.2, 0) is 0 Å². The van der Waals surface area contributed by atoms with E-state index in [0.717, 1.165) is 5.01 Å². The van der Waals surface area contributed by atoms with Gasteiger partial charge in [-0.1, -0.05) is 12.1 Å². The maximum absolute atomic E-state index is 12.5. The van der Waals surface area contributed by atoms with Gasteiger partial charge in [0.25, 0.3) is 5.89 Å². The number of nitrogens with zero attached hydrogens (tertiary/aromatic N) is 6. The normalized spacial score (nSPS) is 11.4. The molecule has 2 aromatic heterocycles. The molecule has 3 aromatic rings. The average Bonchev–Trinajstić information content (AvgIpc) is 3.29. The number of benzene rings is 1. The summed E-state index contributed by atoms with van der Waals surface area (Å²) < 4.78 is 29.8. The van der Waals surface area contributed by atoms with Crippen LogP contribution < -0.4 is 0 Å². The molecule has 0 radical (unpaired) electrons. The predicted octanol–water partition coefficient (Wildman–Crippen LogP) is 2.21. The van der Waals surface area contributed by atoms with Crippen molar-refractivity contribution in [1.82, 2.24) is 30.4 Å². The lowest BCUT2D eigenvalue weighted by Gasteiger charge is -2.07. The topological polar surface area (TPSA) is 113 Å². The molecule has 0 saturated carbocycles. The summed E-state index contributed by atoms with van der Waals surface area (Å²) in [6.45, 7) is 1.68. The standard InChI is InChI=1S/C15H13F2N7O2/c1-8-19-12(21-20-8)15(25)24(2)18-7-9-3-5-10(6-4-9)13-22-23-14(26-13)11(16)17/h3-7,11H,1-2H3,(H,19,20,21)/b18-7+. The van der Waals surface area contributed by atoms with E-state index in [2.05, 4.69) is 30.5 Å². The Balaban J connectivity index is 1.68. The number of nitrogens with one attached hydrogen (secondary N) is 1. The van der Waals surface area contributed by atoms with E-state index in [4.69, 9.17) is 4.42 Å². The van der Waals surface area contributed by atoms with Gasteiger partial charge in [0, 0.05) is 12.6 Å². The maximum atomic E-state index is 12.5. The fourth-order valence-electron chi connectivity index (χ4n) is 1.94. The van der Waals surface area contributed by atoms with Gasteiger partial charge in [-0.05, 0) is 24.6 Å². The van der Waals surface area contributed by atoms with Crippen molar-refractivity contribution in [2.24, 2.45) is 5.10 Å². The van der Waals surface area contributed by atoms with Crippen LogP contribution in [0.5, 0.6) is 0 Å². The Morgan fingerprint density at radius 2 is 2.04 bits per heavy atom. The van der Waals surface area contributed by atoms with Crippen LogP contribution in [0.1, 0.15) is 34.3 Å². The van der Waals surface area contributed by atoms with Gasteiger partial charge < -0.3 is 4.42 Å². The number of carbonyl (C=O) groups excluding carboxylic acids is 1. The Hall–Kier alpha value is -3.50. The van der Waals surface area contributed by atoms with E-state index < -0.39 is 18.2 Å². The molecule has 1 N–H and O–H groups in total. The van der Waals surface area contributed by atoms with Crippen LogP contribution in [0.15, 0.2) is 33.8 Å². The van der Waals surface area contributed by atoms with Gasteiger partial charge >= 0.3 is 12.3 Å². The summed E-state index contributed by atoms with van der Waals surface area (Å²) in [5, 5.41) is 18.3. The molecular formula is C15H13F2N7O2. The van der Waals surface area contributed by atoms with E-state index in [1.54, 1.807) is 31.2 Å². The molecule has 134 valence electrons. The van der Waals surface area contributed by atoms with Crippen LogP contribution in [-0.4, -0.2) is 49.6 Å². The molecule has 0 saturated heterocycles.